The van der Waals surface area contributed by atoms with E-state index in [2.05, 4.69) is 29.6 Å². The molecule has 2 rings (SSSR count). The lowest BCUT2D eigenvalue weighted by molar-refractivity contribution is -0.151. The Morgan fingerprint density at radius 2 is 1.95 bits per heavy atom. The van der Waals surface area contributed by atoms with Gasteiger partial charge in [-0.25, -0.2) is 0 Å². The highest BCUT2D eigenvalue weighted by molar-refractivity contribution is 5.75. The van der Waals surface area contributed by atoms with Gasteiger partial charge in [0.05, 0.1) is 5.41 Å². The highest BCUT2D eigenvalue weighted by atomic mass is 16.4. The SMILES string of the molecule is CC(C)(NCC1CCCc2ccccc21)C(C)(C)C(=O)O. The van der Waals surface area contributed by atoms with Gasteiger partial charge in [-0.15, -0.1) is 0 Å². The Morgan fingerprint density at radius 3 is 2.62 bits per heavy atom. The molecule has 21 heavy (non-hydrogen) atoms. The molecule has 3 nitrogen and oxygen atoms in total. The minimum absolute atomic E-state index is 0.453. The number of rotatable bonds is 5. The van der Waals surface area contributed by atoms with Crippen molar-refractivity contribution in [2.45, 2.75) is 58.4 Å². The summed E-state index contributed by atoms with van der Waals surface area (Å²) in [4.78, 5) is 11.5. The number of aryl methyl sites for hydroxylation is 1. The number of carboxylic acids is 1. The van der Waals surface area contributed by atoms with Crippen molar-refractivity contribution in [2.75, 3.05) is 6.54 Å². The summed E-state index contributed by atoms with van der Waals surface area (Å²) in [6, 6.07) is 8.64. The second-order valence-electron chi connectivity index (χ2n) is 7.22. The average molecular weight is 289 g/mol. The van der Waals surface area contributed by atoms with Crippen LogP contribution in [0.25, 0.3) is 0 Å². The van der Waals surface area contributed by atoms with E-state index in [1.54, 1.807) is 13.8 Å². The van der Waals surface area contributed by atoms with Gasteiger partial charge < -0.3 is 10.4 Å². The average Bonchev–Trinajstić information content (AvgIpc) is 2.44. The number of carboxylic acid groups (broad SMARTS) is 1. The van der Waals surface area contributed by atoms with Crippen LogP contribution < -0.4 is 5.32 Å². The summed E-state index contributed by atoms with van der Waals surface area (Å²) in [6.07, 6.45) is 3.55. The summed E-state index contributed by atoms with van der Waals surface area (Å²) >= 11 is 0. The smallest absolute Gasteiger partial charge is 0.310 e. The standard InChI is InChI=1S/C18H27NO2/c1-17(2,16(20)21)18(3,4)19-12-14-10-7-9-13-8-5-6-11-15(13)14/h5-6,8,11,14,19H,7,9-10,12H2,1-4H3,(H,20,21). The maximum Gasteiger partial charge on any atom is 0.310 e. The molecule has 0 spiro atoms. The minimum Gasteiger partial charge on any atom is -0.481 e. The topological polar surface area (TPSA) is 49.3 Å². The van der Waals surface area contributed by atoms with Crippen LogP contribution in [0.4, 0.5) is 0 Å². The van der Waals surface area contributed by atoms with Crippen LogP contribution in [0, 0.1) is 5.41 Å². The van der Waals surface area contributed by atoms with E-state index in [1.165, 1.54) is 24.0 Å². The van der Waals surface area contributed by atoms with E-state index in [1.807, 2.05) is 13.8 Å². The number of hydrogen-bond acceptors (Lipinski definition) is 2. The summed E-state index contributed by atoms with van der Waals surface area (Å²) < 4.78 is 0. The number of hydrogen-bond donors (Lipinski definition) is 2. The Kier molecular flexibility index (Phi) is 4.43. The molecule has 2 N–H and O–H groups in total. The molecule has 1 aliphatic rings. The first-order valence-electron chi connectivity index (χ1n) is 7.82. The molecule has 0 aromatic heterocycles. The highest BCUT2D eigenvalue weighted by Gasteiger charge is 2.43. The van der Waals surface area contributed by atoms with E-state index in [9.17, 15) is 9.90 Å². The largest absolute Gasteiger partial charge is 0.481 e. The lowest BCUT2D eigenvalue weighted by atomic mass is 9.74. The van der Waals surface area contributed by atoms with E-state index in [0.717, 1.165) is 13.0 Å². The second-order valence-corrected chi connectivity index (χ2v) is 7.22. The summed E-state index contributed by atoms with van der Waals surface area (Å²) in [6.45, 7) is 8.38. The van der Waals surface area contributed by atoms with Crippen molar-refractivity contribution in [3.63, 3.8) is 0 Å². The molecule has 1 aromatic carbocycles. The van der Waals surface area contributed by atoms with E-state index in [4.69, 9.17) is 0 Å². The van der Waals surface area contributed by atoms with Crippen LogP contribution in [0.15, 0.2) is 24.3 Å². The fourth-order valence-corrected chi connectivity index (χ4v) is 2.93. The van der Waals surface area contributed by atoms with Gasteiger partial charge >= 0.3 is 5.97 Å². The third-order valence-corrected chi connectivity index (χ3v) is 5.38. The number of aliphatic carboxylic acids is 1. The van der Waals surface area contributed by atoms with E-state index < -0.39 is 16.9 Å². The van der Waals surface area contributed by atoms with E-state index in [-0.39, 0.29) is 0 Å². The molecule has 1 aromatic rings. The first-order chi connectivity index (χ1) is 9.75. The van der Waals surface area contributed by atoms with E-state index in [0.29, 0.717) is 5.92 Å². The molecule has 3 heteroatoms. The zero-order valence-corrected chi connectivity index (χ0v) is 13.6. The van der Waals surface area contributed by atoms with Gasteiger partial charge in [-0.05, 0) is 64.0 Å². The van der Waals surface area contributed by atoms with Gasteiger partial charge in [0.1, 0.15) is 0 Å². The first kappa shape index (κ1) is 16.0. The van der Waals surface area contributed by atoms with Crippen LogP contribution in [-0.2, 0) is 11.2 Å². The maximum absolute atomic E-state index is 11.5. The monoisotopic (exact) mass is 289 g/mol. The lowest BCUT2D eigenvalue weighted by Crippen LogP contribution is -2.56. The third-order valence-electron chi connectivity index (χ3n) is 5.38. The molecule has 1 aliphatic carbocycles. The van der Waals surface area contributed by atoms with Gasteiger partial charge in [-0.2, -0.15) is 0 Å². The molecule has 0 radical (unpaired) electrons. The van der Waals surface area contributed by atoms with Crippen molar-refractivity contribution in [3.8, 4) is 0 Å². The van der Waals surface area contributed by atoms with Crippen LogP contribution in [0.5, 0.6) is 0 Å². The fraction of sp³-hybridized carbons (Fsp3) is 0.611. The highest BCUT2D eigenvalue weighted by Crippen LogP contribution is 2.34. The second kappa shape index (κ2) is 5.80. The summed E-state index contributed by atoms with van der Waals surface area (Å²) in [5, 5.41) is 12.9. The van der Waals surface area contributed by atoms with Crippen molar-refractivity contribution < 1.29 is 9.90 Å². The molecule has 1 unspecified atom stereocenters. The van der Waals surface area contributed by atoms with Gasteiger partial charge in [0.2, 0.25) is 0 Å². The molecular weight excluding hydrogens is 262 g/mol. The minimum atomic E-state index is -0.804. The van der Waals surface area contributed by atoms with Gasteiger partial charge in [-0.3, -0.25) is 4.79 Å². The van der Waals surface area contributed by atoms with Crippen LogP contribution in [0.2, 0.25) is 0 Å². The zero-order valence-electron chi connectivity index (χ0n) is 13.6. The van der Waals surface area contributed by atoms with Crippen LogP contribution in [0.3, 0.4) is 0 Å². The molecule has 0 amide bonds. The van der Waals surface area contributed by atoms with E-state index >= 15 is 0 Å². The fourth-order valence-electron chi connectivity index (χ4n) is 2.93. The number of benzene rings is 1. The van der Waals surface area contributed by atoms with Gasteiger partial charge in [0.25, 0.3) is 0 Å². The Bertz CT molecular complexity index is 520. The Balaban J connectivity index is 2.09. The molecule has 116 valence electrons. The first-order valence-corrected chi connectivity index (χ1v) is 7.82. The van der Waals surface area contributed by atoms with Crippen LogP contribution in [0.1, 0.15) is 57.6 Å². The number of nitrogens with one attached hydrogen (secondary N) is 1. The van der Waals surface area contributed by atoms with Crippen molar-refractivity contribution in [1.82, 2.24) is 5.32 Å². The Hall–Kier alpha value is -1.35. The molecule has 0 aliphatic heterocycles. The zero-order chi connectivity index (χ0) is 15.7. The van der Waals surface area contributed by atoms with Gasteiger partial charge in [0.15, 0.2) is 0 Å². The molecule has 0 saturated carbocycles. The van der Waals surface area contributed by atoms with Crippen molar-refractivity contribution in [3.05, 3.63) is 35.4 Å². The van der Waals surface area contributed by atoms with Gasteiger partial charge in [0, 0.05) is 12.1 Å². The normalized spacial score (nSPS) is 19.1. The molecule has 0 heterocycles. The molecular formula is C18H27NO2. The Labute approximate surface area is 127 Å². The maximum atomic E-state index is 11.5. The van der Waals surface area contributed by atoms with Crippen LogP contribution in [-0.4, -0.2) is 23.2 Å². The Morgan fingerprint density at radius 1 is 1.29 bits per heavy atom. The summed E-state index contributed by atoms with van der Waals surface area (Å²) in [7, 11) is 0. The molecule has 1 atom stereocenters. The third kappa shape index (κ3) is 3.13. The predicted octanol–water partition coefficient (Wildman–Crippen LogP) is 3.59. The molecule has 0 saturated heterocycles. The van der Waals surface area contributed by atoms with Crippen LogP contribution >= 0.6 is 0 Å². The number of fused-ring (bicyclic) bond motifs is 1. The molecule has 0 bridgehead atoms. The lowest BCUT2D eigenvalue weighted by Gasteiger charge is -2.40. The molecule has 0 fully saturated rings. The quantitative estimate of drug-likeness (QED) is 0.871. The van der Waals surface area contributed by atoms with Crippen molar-refractivity contribution in [2.24, 2.45) is 5.41 Å². The number of carbonyl (C=O) groups is 1. The predicted molar refractivity (Wildman–Crippen MR) is 85.6 cm³/mol. The van der Waals surface area contributed by atoms with Crippen molar-refractivity contribution >= 4 is 5.97 Å². The van der Waals surface area contributed by atoms with Gasteiger partial charge in [-0.1, -0.05) is 24.3 Å². The summed E-state index contributed by atoms with van der Waals surface area (Å²) in [5.41, 5.74) is 1.62. The summed E-state index contributed by atoms with van der Waals surface area (Å²) in [5.74, 6) is -0.275. The van der Waals surface area contributed by atoms with Crippen molar-refractivity contribution in [1.29, 1.82) is 0 Å².